The van der Waals surface area contributed by atoms with Crippen LogP contribution in [0.25, 0.3) is 11.8 Å². The van der Waals surface area contributed by atoms with Crippen molar-refractivity contribution in [3.63, 3.8) is 0 Å². The summed E-state index contributed by atoms with van der Waals surface area (Å²) < 4.78 is 7.20. The van der Waals surface area contributed by atoms with Gasteiger partial charge in [0.25, 0.3) is 5.91 Å². The lowest BCUT2D eigenvalue weighted by atomic mass is 10.0. The minimum atomic E-state index is -0.545. The van der Waals surface area contributed by atoms with Gasteiger partial charge < -0.3 is 9.30 Å². The highest BCUT2D eigenvalue weighted by Crippen LogP contribution is 2.36. The number of ether oxygens (including phenoxy) is 1. The first kappa shape index (κ1) is 23.6. The van der Waals surface area contributed by atoms with E-state index in [1.165, 1.54) is 23.1 Å². The fourth-order valence-corrected chi connectivity index (χ4v) is 4.77. The summed E-state index contributed by atoms with van der Waals surface area (Å²) in [5.74, 6) is -0.826. The second-order valence-corrected chi connectivity index (χ2v) is 9.07. The molecule has 1 aliphatic heterocycles. The molecule has 5 nitrogen and oxygen atoms in total. The molecular formula is C28H27ClN2O3. The van der Waals surface area contributed by atoms with E-state index >= 15 is 0 Å². The number of allylic oxidation sites excluding steroid dienone is 1. The highest BCUT2D eigenvalue weighted by Gasteiger charge is 2.38. The highest BCUT2D eigenvalue weighted by atomic mass is 35.5. The number of esters is 1. The summed E-state index contributed by atoms with van der Waals surface area (Å²) in [6.07, 6.45) is 1.79. The summed E-state index contributed by atoms with van der Waals surface area (Å²) in [6, 6.07) is 15.4. The van der Waals surface area contributed by atoms with Gasteiger partial charge in [0.05, 0.1) is 18.3 Å². The van der Waals surface area contributed by atoms with Crippen LogP contribution in [0.15, 0.2) is 65.4 Å². The predicted octanol–water partition coefficient (Wildman–Crippen LogP) is 6.24. The fourth-order valence-electron chi connectivity index (χ4n) is 4.65. The van der Waals surface area contributed by atoms with Crippen LogP contribution in [-0.4, -0.2) is 23.6 Å². The quantitative estimate of drug-likeness (QED) is 0.332. The molecule has 0 saturated heterocycles. The molecule has 0 saturated carbocycles. The van der Waals surface area contributed by atoms with Crippen molar-refractivity contribution in [3.05, 3.63) is 98.5 Å². The maximum absolute atomic E-state index is 13.6. The molecule has 3 aromatic rings. The molecule has 0 fully saturated rings. The van der Waals surface area contributed by atoms with Gasteiger partial charge in [0, 0.05) is 33.5 Å². The molecule has 0 atom stereocenters. The molecule has 2 heterocycles. The number of nitrogens with zero attached hydrogens (tertiary/aromatic N) is 2. The van der Waals surface area contributed by atoms with Crippen molar-refractivity contribution in [3.8, 4) is 5.69 Å². The van der Waals surface area contributed by atoms with Crippen LogP contribution >= 0.6 is 11.6 Å². The van der Waals surface area contributed by atoms with Gasteiger partial charge >= 0.3 is 5.97 Å². The van der Waals surface area contributed by atoms with E-state index in [2.05, 4.69) is 36.6 Å². The molecule has 2 aromatic carbocycles. The second-order valence-electron chi connectivity index (χ2n) is 8.63. The van der Waals surface area contributed by atoms with Crippen LogP contribution in [0.2, 0.25) is 5.02 Å². The van der Waals surface area contributed by atoms with Crippen molar-refractivity contribution < 1.29 is 14.3 Å². The molecule has 4 rings (SSSR count). The van der Waals surface area contributed by atoms with E-state index in [0.29, 0.717) is 22.0 Å². The van der Waals surface area contributed by atoms with E-state index in [4.69, 9.17) is 16.3 Å². The monoisotopic (exact) mass is 474 g/mol. The molecule has 1 amide bonds. The number of hydrogen-bond acceptors (Lipinski definition) is 3. The highest BCUT2D eigenvalue weighted by molar-refractivity contribution is 6.30. The van der Waals surface area contributed by atoms with Gasteiger partial charge in [-0.25, -0.2) is 4.79 Å². The van der Waals surface area contributed by atoms with Crippen LogP contribution in [0.1, 0.15) is 35.0 Å². The number of hydrogen-bond donors (Lipinski definition) is 0. The van der Waals surface area contributed by atoms with E-state index in [1.807, 2.05) is 19.9 Å². The summed E-state index contributed by atoms with van der Waals surface area (Å²) in [4.78, 5) is 27.8. The average molecular weight is 475 g/mol. The fraction of sp³-hybridized carbons (Fsp3) is 0.214. The molecule has 1 aromatic heterocycles. The first-order chi connectivity index (χ1) is 16.1. The van der Waals surface area contributed by atoms with Gasteiger partial charge in [-0.05, 0) is 99.8 Å². The molecule has 0 unspecified atom stereocenters. The Morgan fingerprint density at radius 2 is 1.53 bits per heavy atom. The molecule has 34 heavy (non-hydrogen) atoms. The van der Waals surface area contributed by atoms with Crippen molar-refractivity contribution in [2.45, 2.75) is 34.6 Å². The third-order valence-corrected chi connectivity index (χ3v) is 6.36. The Labute approximate surface area is 204 Å². The number of carbonyl (C=O) groups excluding carboxylic acids is 2. The second kappa shape index (κ2) is 8.99. The van der Waals surface area contributed by atoms with Crippen LogP contribution in [0.5, 0.6) is 0 Å². The lowest BCUT2D eigenvalue weighted by molar-refractivity contribution is -0.136. The summed E-state index contributed by atoms with van der Waals surface area (Å²) in [5.41, 5.74) is 8.04. The average Bonchev–Trinajstić information content (AvgIpc) is 3.19. The van der Waals surface area contributed by atoms with Gasteiger partial charge in [0.1, 0.15) is 0 Å². The molecule has 0 N–H and O–H groups in total. The normalized spacial score (nSPS) is 15.0. The smallest absolute Gasteiger partial charge is 0.340 e. The maximum Gasteiger partial charge on any atom is 0.340 e. The lowest BCUT2D eigenvalue weighted by Gasteiger charge is -2.17. The van der Waals surface area contributed by atoms with Gasteiger partial charge in [-0.15, -0.1) is 0 Å². The largest absolute Gasteiger partial charge is 0.465 e. The SMILES string of the molecule is COC(=O)C1=C(C)N(c2ccc(Cl)cc2)C(=O)/C1=C\c1cc(C)n(-c2cc(C)cc(C)c2)c1C. The molecule has 0 spiro atoms. The van der Waals surface area contributed by atoms with Gasteiger partial charge in [-0.2, -0.15) is 0 Å². The first-order valence-electron chi connectivity index (χ1n) is 11.0. The number of halogens is 1. The Morgan fingerprint density at radius 1 is 0.912 bits per heavy atom. The third-order valence-electron chi connectivity index (χ3n) is 6.11. The van der Waals surface area contributed by atoms with E-state index in [9.17, 15) is 9.59 Å². The predicted molar refractivity (Wildman–Crippen MR) is 136 cm³/mol. The number of methoxy groups -OCH3 is 1. The minimum Gasteiger partial charge on any atom is -0.465 e. The molecular weight excluding hydrogens is 448 g/mol. The van der Waals surface area contributed by atoms with Gasteiger partial charge in [-0.3, -0.25) is 9.69 Å². The zero-order chi connectivity index (χ0) is 24.7. The van der Waals surface area contributed by atoms with Gasteiger partial charge in [-0.1, -0.05) is 17.7 Å². The van der Waals surface area contributed by atoms with E-state index in [1.54, 1.807) is 37.3 Å². The van der Waals surface area contributed by atoms with Crippen LogP contribution in [0, 0.1) is 27.7 Å². The van der Waals surface area contributed by atoms with Crippen molar-refractivity contribution >= 4 is 35.2 Å². The summed E-state index contributed by atoms with van der Waals surface area (Å²) in [5, 5.41) is 0.569. The molecule has 1 aliphatic rings. The van der Waals surface area contributed by atoms with E-state index < -0.39 is 5.97 Å². The molecule has 0 radical (unpaired) electrons. The number of aryl methyl sites for hydroxylation is 3. The molecule has 6 heteroatoms. The van der Waals surface area contributed by atoms with Crippen LogP contribution < -0.4 is 4.90 Å². The van der Waals surface area contributed by atoms with Gasteiger partial charge in [0.15, 0.2) is 0 Å². The molecule has 174 valence electrons. The Kier molecular flexibility index (Phi) is 6.24. The first-order valence-corrected chi connectivity index (χ1v) is 11.4. The Morgan fingerprint density at radius 3 is 2.12 bits per heavy atom. The van der Waals surface area contributed by atoms with Crippen LogP contribution in [0.4, 0.5) is 5.69 Å². The number of anilines is 1. The number of amides is 1. The number of aromatic nitrogens is 1. The van der Waals surface area contributed by atoms with Crippen LogP contribution in [0.3, 0.4) is 0 Å². The Hall–Kier alpha value is -3.57. The number of rotatable bonds is 4. The van der Waals surface area contributed by atoms with Crippen molar-refractivity contribution in [2.75, 3.05) is 12.0 Å². The lowest BCUT2D eigenvalue weighted by Crippen LogP contribution is -2.24. The summed E-state index contributed by atoms with van der Waals surface area (Å²) in [6.45, 7) is 9.95. The van der Waals surface area contributed by atoms with Crippen molar-refractivity contribution in [2.24, 2.45) is 0 Å². The zero-order valence-electron chi connectivity index (χ0n) is 20.2. The maximum atomic E-state index is 13.6. The Bertz CT molecular complexity index is 1360. The molecule has 0 bridgehead atoms. The Balaban J connectivity index is 1.85. The van der Waals surface area contributed by atoms with Gasteiger partial charge in [0.2, 0.25) is 0 Å². The minimum absolute atomic E-state index is 0.263. The topological polar surface area (TPSA) is 51.5 Å². The zero-order valence-corrected chi connectivity index (χ0v) is 20.9. The standard InChI is InChI=1S/C28H27ClN2O3/c1-16-11-17(2)13-24(12-16)30-18(3)14-21(19(30)4)15-25-26(28(33)34-6)20(5)31(27(25)32)23-9-7-22(29)8-10-23/h7-15H,1-6H3/b25-15-. The van der Waals surface area contributed by atoms with E-state index in [0.717, 1.165) is 22.6 Å². The van der Waals surface area contributed by atoms with Crippen molar-refractivity contribution in [1.82, 2.24) is 4.57 Å². The summed E-state index contributed by atoms with van der Waals surface area (Å²) >= 11 is 6.03. The third kappa shape index (κ3) is 4.08. The van der Waals surface area contributed by atoms with Crippen LogP contribution in [-0.2, 0) is 14.3 Å². The number of benzene rings is 2. The van der Waals surface area contributed by atoms with E-state index in [-0.39, 0.29) is 11.5 Å². The van der Waals surface area contributed by atoms with Crippen molar-refractivity contribution in [1.29, 1.82) is 0 Å². The number of carbonyl (C=O) groups is 2. The molecule has 0 aliphatic carbocycles. The summed E-state index contributed by atoms with van der Waals surface area (Å²) in [7, 11) is 1.32.